The fraction of sp³-hybridized carbons (Fsp3) is 0.429. The number of anilines is 2. The molecule has 2 rings (SSSR count). The lowest BCUT2D eigenvalue weighted by molar-refractivity contribution is -0.139. The van der Waals surface area contributed by atoms with Crippen LogP contribution in [0.3, 0.4) is 0 Å². The normalized spacial score (nSPS) is 19.4. The van der Waals surface area contributed by atoms with Gasteiger partial charge in [0, 0.05) is 4.11 Å². The lowest BCUT2D eigenvalue weighted by atomic mass is 10.3. The van der Waals surface area contributed by atoms with E-state index in [1.165, 1.54) is 5.32 Å². The first kappa shape index (κ1) is 13.7. The van der Waals surface area contributed by atoms with Crippen LogP contribution in [0.25, 0.3) is 11.5 Å². The van der Waals surface area contributed by atoms with Crippen LogP contribution in [-0.2, 0) is 0 Å². The Hall–Kier alpha value is -2.37. The van der Waals surface area contributed by atoms with Gasteiger partial charge in [-0.3, -0.25) is 0 Å². The van der Waals surface area contributed by atoms with Crippen LogP contribution >= 0.6 is 11.6 Å². The van der Waals surface area contributed by atoms with Gasteiger partial charge >= 0.3 is 12.4 Å². The number of nitrogens with one attached hydrogen (secondary N) is 2. The molecular formula is C14H13ClF6N6. The van der Waals surface area contributed by atoms with Crippen molar-refractivity contribution in [3.8, 4) is 11.5 Å². The van der Waals surface area contributed by atoms with Crippen LogP contribution in [0.2, 0.25) is 5.15 Å². The molecule has 0 radical (unpaired) electrons. The van der Waals surface area contributed by atoms with Crippen molar-refractivity contribution in [3.05, 3.63) is 23.3 Å². The van der Waals surface area contributed by atoms with Crippen molar-refractivity contribution in [2.45, 2.75) is 38.2 Å². The molecule has 13 heteroatoms. The molecule has 0 bridgehead atoms. The van der Waals surface area contributed by atoms with Crippen LogP contribution in [-0.4, -0.2) is 44.3 Å². The zero-order valence-corrected chi connectivity index (χ0v) is 13.8. The van der Waals surface area contributed by atoms with Crippen molar-refractivity contribution >= 4 is 23.5 Å². The second-order valence-corrected chi connectivity index (χ2v) is 5.27. The predicted molar refractivity (Wildman–Crippen MR) is 86.3 cm³/mol. The predicted octanol–water partition coefficient (Wildman–Crippen LogP) is 4.31. The second-order valence-electron chi connectivity index (χ2n) is 4.91. The Labute approximate surface area is 162 Å². The minimum Gasteiger partial charge on any atom is -0.343 e. The summed E-state index contributed by atoms with van der Waals surface area (Å²) in [7, 11) is 0. The Morgan fingerprint density at radius 1 is 1.07 bits per heavy atom. The Bertz CT molecular complexity index is 996. The summed E-state index contributed by atoms with van der Waals surface area (Å²) < 4.78 is 123. The van der Waals surface area contributed by atoms with Gasteiger partial charge in [0.1, 0.15) is 22.9 Å². The lowest BCUT2D eigenvalue weighted by Gasteiger charge is -2.20. The van der Waals surface area contributed by atoms with Crippen molar-refractivity contribution in [1.29, 1.82) is 0 Å². The van der Waals surface area contributed by atoms with Crippen LogP contribution in [0.5, 0.6) is 0 Å². The molecule has 0 aliphatic carbocycles. The first-order valence-electron chi connectivity index (χ1n) is 9.84. The molecule has 0 aliphatic heterocycles. The van der Waals surface area contributed by atoms with Gasteiger partial charge in [0.15, 0.2) is 5.82 Å². The topological polar surface area (TPSA) is 75.6 Å². The van der Waals surface area contributed by atoms with Crippen molar-refractivity contribution in [1.82, 2.24) is 19.9 Å². The molecule has 2 heterocycles. The number of hydrogen-bond donors (Lipinski definition) is 2. The molecule has 2 N–H and O–H groups in total. The Balaban J connectivity index is 2.68. The molecule has 0 aromatic carbocycles. The van der Waals surface area contributed by atoms with Crippen LogP contribution in [0.1, 0.15) is 22.0 Å². The number of alkyl halides is 6. The largest absolute Gasteiger partial charge is 0.408 e. The van der Waals surface area contributed by atoms with E-state index in [9.17, 15) is 26.3 Å². The smallest absolute Gasteiger partial charge is 0.343 e. The minimum atomic E-state index is -5.69. The summed E-state index contributed by atoms with van der Waals surface area (Å²) in [5, 5.41) is 2.53. The molecule has 2 atom stereocenters. The SMILES string of the molecule is [2H]c1cc(-c2nc(NC(C)C(F)(F)F)nc(NC([2H])(C([2H])([2H])[2H])C(F)(F)F)n2)nc(Cl)c1[2H]. The maximum absolute atomic E-state index is 13.4. The first-order chi connectivity index (χ1) is 14.8. The summed E-state index contributed by atoms with van der Waals surface area (Å²) in [5.41, 5.74) is -0.439. The van der Waals surface area contributed by atoms with E-state index < -0.39 is 71.9 Å². The third-order valence-corrected chi connectivity index (χ3v) is 3.00. The number of rotatable bonds is 5. The Morgan fingerprint density at radius 2 is 1.70 bits per heavy atom. The van der Waals surface area contributed by atoms with E-state index in [2.05, 4.69) is 19.9 Å². The maximum atomic E-state index is 13.4. The average Bonchev–Trinajstić information content (AvgIpc) is 2.62. The fourth-order valence-corrected chi connectivity index (χ4v) is 1.66. The number of nitrogens with zero attached hydrogens (tertiary/aromatic N) is 4. The molecule has 2 unspecified atom stereocenters. The lowest BCUT2D eigenvalue weighted by Crippen LogP contribution is -2.35. The second kappa shape index (κ2) is 7.71. The molecule has 6 nitrogen and oxygen atoms in total. The molecule has 0 aliphatic rings. The standard InChI is InChI=1S/C14H13ClF6N6/c1-6(13(16,17)18)22-11-25-10(8-4-3-5-9(15)24-8)26-12(27-11)23-7(2)14(19,20)21/h3-7H,1-2H3,(H2,22,23,25,26,27)/i1D3,3D,5D,6D. The van der Waals surface area contributed by atoms with Crippen LogP contribution in [0.4, 0.5) is 38.2 Å². The molecule has 0 saturated heterocycles. The highest BCUT2D eigenvalue weighted by Crippen LogP contribution is 2.26. The van der Waals surface area contributed by atoms with Crippen molar-refractivity contribution < 1.29 is 34.6 Å². The Kier molecular flexibility index (Phi) is 3.92. The fourth-order valence-electron chi connectivity index (χ4n) is 1.51. The molecular weight excluding hydrogens is 402 g/mol. The minimum absolute atomic E-state index is 0.439. The van der Waals surface area contributed by atoms with Gasteiger partial charge in [-0.1, -0.05) is 17.6 Å². The van der Waals surface area contributed by atoms with Gasteiger partial charge in [-0.05, 0) is 25.9 Å². The molecule has 0 saturated carbocycles. The molecule has 0 amide bonds. The van der Waals surface area contributed by atoms with Crippen LogP contribution in [0.15, 0.2) is 18.2 Å². The zero-order valence-electron chi connectivity index (χ0n) is 19.1. The van der Waals surface area contributed by atoms with E-state index in [0.29, 0.717) is 6.92 Å². The van der Waals surface area contributed by atoms with Gasteiger partial charge in [0.05, 0.1) is 4.11 Å². The van der Waals surface area contributed by atoms with Gasteiger partial charge in [-0.25, -0.2) is 4.98 Å². The molecule has 0 fully saturated rings. The van der Waals surface area contributed by atoms with E-state index >= 15 is 0 Å². The number of halogens is 7. The third kappa shape index (κ3) is 5.81. The van der Waals surface area contributed by atoms with E-state index in [1.54, 1.807) is 5.32 Å². The van der Waals surface area contributed by atoms with Gasteiger partial charge in [-0.15, -0.1) is 0 Å². The van der Waals surface area contributed by atoms with Crippen LogP contribution < -0.4 is 10.6 Å². The highest BCUT2D eigenvalue weighted by atomic mass is 35.5. The highest BCUT2D eigenvalue weighted by Gasteiger charge is 2.38. The van der Waals surface area contributed by atoms with Crippen molar-refractivity contribution in [2.75, 3.05) is 10.6 Å². The number of pyridine rings is 1. The monoisotopic (exact) mass is 420 g/mol. The van der Waals surface area contributed by atoms with E-state index in [-0.39, 0.29) is 0 Å². The summed E-state index contributed by atoms with van der Waals surface area (Å²) in [6.07, 6.45) is -10.5. The van der Waals surface area contributed by atoms with Crippen LogP contribution in [0, 0.1) is 0 Å². The van der Waals surface area contributed by atoms with Gasteiger partial charge in [0.25, 0.3) is 0 Å². The quantitative estimate of drug-likeness (QED) is 0.554. The summed E-state index contributed by atoms with van der Waals surface area (Å²) >= 11 is 5.70. The summed E-state index contributed by atoms with van der Waals surface area (Å²) in [6, 6.07) is -6.84. The Morgan fingerprint density at radius 3 is 2.22 bits per heavy atom. The molecule has 27 heavy (non-hydrogen) atoms. The number of aromatic nitrogens is 4. The summed E-state index contributed by atoms with van der Waals surface area (Å²) in [4.78, 5) is 14.1. The number of hydrogen-bond acceptors (Lipinski definition) is 6. The van der Waals surface area contributed by atoms with Crippen molar-refractivity contribution in [3.63, 3.8) is 0 Å². The molecule has 2 aromatic rings. The highest BCUT2D eigenvalue weighted by molar-refractivity contribution is 6.29. The first-order valence-corrected chi connectivity index (χ1v) is 7.22. The van der Waals surface area contributed by atoms with E-state index in [0.717, 1.165) is 6.07 Å². The van der Waals surface area contributed by atoms with E-state index in [4.69, 9.17) is 19.8 Å². The molecule has 148 valence electrons. The average molecular weight is 421 g/mol. The maximum Gasteiger partial charge on any atom is 0.408 e. The zero-order chi connectivity index (χ0) is 25.6. The van der Waals surface area contributed by atoms with Crippen molar-refractivity contribution in [2.24, 2.45) is 0 Å². The van der Waals surface area contributed by atoms with E-state index in [1.807, 2.05) is 0 Å². The molecule has 2 aromatic heterocycles. The summed E-state index contributed by atoms with van der Waals surface area (Å²) in [6.45, 7) is -3.36. The third-order valence-electron chi connectivity index (χ3n) is 2.82. The molecule has 0 spiro atoms. The summed E-state index contributed by atoms with van der Waals surface area (Å²) in [5.74, 6) is -2.88. The van der Waals surface area contributed by atoms with Gasteiger partial charge in [0.2, 0.25) is 11.9 Å². The van der Waals surface area contributed by atoms with Gasteiger partial charge < -0.3 is 10.6 Å². The van der Waals surface area contributed by atoms with Gasteiger partial charge in [-0.2, -0.15) is 41.3 Å².